The monoisotopic (exact) mass is 326 g/mol. The third-order valence-electron chi connectivity index (χ3n) is 3.71. The Hall–Kier alpha value is -2.82. The lowest BCUT2D eigenvalue weighted by molar-refractivity contribution is 0.0954. The van der Waals surface area contributed by atoms with Crippen LogP contribution in [-0.4, -0.2) is 25.8 Å². The molecular weight excluding hydrogens is 304 g/mol. The summed E-state index contributed by atoms with van der Waals surface area (Å²) in [5.41, 5.74) is 7.06. The fraction of sp³-hybridized carbons (Fsp3) is 0.263. The van der Waals surface area contributed by atoms with Crippen molar-refractivity contribution in [2.45, 2.75) is 20.8 Å². The van der Waals surface area contributed by atoms with E-state index in [1.807, 2.05) is 32.9 Å². The molecule has 0 spiro atoms. The van der Waals surface area contributed by atoms with E-state index in [0.717, 1.165) is 16.8 Å². The number of carbonyl (C=O) groups is 1. The Morgan fingerprint density at radius 3 is 2.17 bits per heavy atom. The van der Waals surface area contributed by atoms with Crippen LogP contribution in [0.25, 0.3) is 0 Å². The van der Waals surface area contributed by atoms with E-state index in [4.69, 9.17) is 9.47 Å². The number of rotatable bonds is 5. The second-order valence-corrected chi connectivity index (χ2v) is 5.56. The molecule has 0 bridgehead atoms. The molecule has 5 heteroatoms. The molecule has 1 amide bonds. The van der Waals surface area contributed by atoms with E-state index in [1.54, 1.807) is 32.4 Å². The predicted octanol–water partition coefficient (Wildman–Crippen LogP) is 3.47. The van der Waals surface area contributed by atoms with Gasteiger partial charge in [-0.3, -0.25) is 4.79 Å². The maximum absolute atomic E-state index is 12.3. The van der Waals surface area contributed by atoms with E-state index in [0.29, 0.717) is 17.1 Å². The van der Waals surface area contributed by atoms with E-state index in [9.17, 15) is 4.79 Å². The molecule has 2 aromatic carbocycles. The minimum Gasteiger partial charge on any atom is -0.497 e. The van der Waals surface area contributed by atoms with Gasteiger partial charge in [0.1, 0.15) is 11.5 Å². The topological polar surface area (TPSA) is 59.9 Å². The first-order chi connectivity index (χ1) is 11.4. The molecule has 0 aliphatic rings. The van der Waals surface area contributed by atoms with Crippen LogP contribution in [0.1, 0.15) is 34.0 Å². The van der Waals surface area contributed by atoms with Gasteiger partial charge in [0.15, 0.2) is 0 Å². The first-order valence-corrected chi connectivity index (χ1v) is 7.60. The van der Waals surface area contributed by atoms with Crippen LogP contribution in [0.5, 0.6) is 11.5 Å². The molecule has 126 valence electrons. The number of benzene rings is 2. The molecule has 2 rings (SSSR count). The van der Waals surface area contributed by atoms with Crippen molar-refractivity contribution in [2.24, 2.45) is 5.10 Å². The van der Waals surface area contributed by atoms with Crippen molar-refractivity contribution < 1.29 is 14.3 Å². The normalized spacial score (nSPS) is 11.1. The number of hydrogen-bond donors (Lipinski definition) is 1. The highest BCUT2D eigenvalue weighted by atomic mass is 16.5. The third-order valence-corrected chi connectivity index (χ3v) is 3.71. The Morgan fingerprint density at radius 1 is 1.00 bits per heavy atom. The number of hydrogen-bond acceptors (Lipinski definition) is 4. The van der Waals surface area contributed by atoms with Gasteiger partial charge in [0.05, 0.1) is 19.9 Å². The van der Waals surface area contributed by atoms with Crippen LogP contribution in [0.15, 0.2) is 41.5 Å². The Bertz CT molecular complexity index is 760. The lowest BCUT2D eigenvalue weighted by atomic mass is 10.0. The van der Waals surface area contributed by atoms with Gasteiger partial charge in [-0.25, -0.2) is 5.43 Å². The van der Waals surface area contributed by atoms with Crippen LogP contribution in [0, 0.1) is 13.8 Å². The van der Waals surface area contributed by atoms with E-state index < -0.39 is 0 Å². The number of nitrogens with zero attached hydrogens (tertiary/aromatic N) is 1. The second-order valence-electron chi connectivity index (χ2n) is 5.56. The molecule has 2 aromatic rings. The lowest BCUT2D eigenvalue weighted by Gasteiger charge is -2.09. The maximum atomic E-state index is 12.3. The average molecular weight is 326 g/mol. The molecule has 0 saturated heterocycles. The van der Waals surface area contributed by atoms with Gasteiger partial charge in [-0.15, -0.1) is 0 Å². The number of methoxy groups -OCH3 is 2. The number of ether oxygens (including phenoxy) is 2. The van der Waals surface area contributed by atoms with Crippen LogP contribution < -0.4 is 14.9 Å². The van der Waals surface area contributed by atoms with Crippen LogP contribution in [0.3, 0.4) is 0 Å². The van der Waals surface area contributed by atoms with Crippen molar-refractivity contribution in [3.05, 3.63) is 58.7 Å². The van der Waals surface area contributed by atoms with Gasteiger partial charge in [-0.05, 0) is 38.5 Å². The molecule has 24 heavy (non-hydrogen) atoms. The fourth-order valence-electron chi connectivity index (χ4n) is 2.42. The molecule has 0 atom stereocenters. The van der Waals surface area contributed by atoms with E-state index in [1.165, 1.54) is 5.56 Å². The Kier molecular flexibility index (Phi) is 5.58. The second kappa shape index (κ2) is 7.64. The summed E-state index contributed by atoms with van der Waals surface area (Å²) < 4.78 is 10.3. The molecule has 0 aliphatic carbocycles. The smallest absolute Gasteiger partial charge is 0.271 e. The SMILES string of the molecule is COc1cc(OC)cc(C(=O)N/N=C(/C)c2ccc(C)cc2C)c1. The summed E-state index contributed by atoms with van der Waals surface area (Å²) in [6.07, 6.45) is 0. The van der Waals surface area contributed by atoms with Crippen molar-refractivity contribution in [1.82, 2.24) is 5.43 Å². The quantitative estimate of drug-likeness (QED) is 0.676. The molecule has 0 heterocycles. The van der Waals surface area contributed by atoms with Crippen LogP contribution in [-0.2, 0) is 0 Å². The Balaban J connectivity index is 2.20. The highest BCUT2D eigenvalue weighted by Gasteiger charge is 2.10. The standard InChI is InChI=1S/C19H22N2O3/c1-12-6-7-18(13(2)8-12)14(3)20-21-19(22)15-9-16(23-4)11-17(10-15)24-5/h6-11H,1-5H3,(H,21,22)/b20-14-. The third kappa shape index (κ3) is 4.13. The fourth-order valence-corrected chi connectivity index (χ4v) is 2.42. The van der Waals surface area contributed by atoms with E-state index >= 15 is 0 Å². The van der Waals surface area contributed by atoms with Gasteiger partial charge in [-0.2, -0.15) is 5.10 Å². The zero-order valence-electron chi connectivity index (χ0n) is 14.6. The van der Waals surface area contributed by atoms with Crippen molar-refractivity contribution in [1.29, 1.82) is 0 Å². The summed E-state index contributed by atoms with van der Waals surface area (Å²) in [7, 11) is 3.08. The first-order valence-electron chi connectivity index (χ1n) is 7.60. The van der Waals surface area contributed by atoms with Crippen LogP contribution in [0.4, 0.5) is 0 Å². The molecule has 0 fully saturated rings. The summed E-state index contributed by atoms with van der Waals surface area (Å²) >= 11 is 0. The highest BCUT2D eigenvalue weighted by molar-refractivity contribution is 6.02. The predicted molar refractivity (Wildman–Crippen MR) is 95.1 cm³/mol. The number of carbonyl (C=O) groups excluding carboxylic acids is 1. The summed E-state index contributed by atoms with van der Waals surface area (Å²) in [5, 5.41) is 4.21. The highest BCUT2D eigenvalue weighted by Crippen LogP contribution is 2.22. The van der Waals surface area contributed by atoms with Gasteiger partial charge < -0.3 is 9.47 Å². The Morgan fingerprint density at radius 2 is 1.62 bits per heavy atom. The lowest BCUT2D eigenvalue weighted by Crippen LogP contribution is -2.19. The molecule has 0 aromatic heterocycles. The largest absolute Gasteiger partial charge is 0.497 e. The molecule has 5 nitrogen and oxygen atoms in total. The number of hydrazone groups is 1. The molecule has 0 unspecified atom stereocenters. The number of aryl methyl sites for hydroxylation is 2. The number of nitrogens with one attached hydrogen (secondary N) is 1. The first kappa shape index (κ1) is 17.5. The molecular formula is C19H22N2O3. The minimum atomic E-state index is -0.323. The summed E-state index contributed by atoms with van der Waals surface area (Å²) in [6, 6.07) is 11.1. The van der Waals surface area contributed by atoms with Crippen molar-refractivity contribution >= 4 is 11.6 Å². The summed E-state index contributed by atoms with van der Waals surface area (Å²) in [4.78, 5) is 12.3. The van der Waals surface area contributed by atoms with Crippen LogP contribution >= 0.6 is 0 Å². The van der Waals surface area contributed by atoms with Gasteiger partial charge in [-0.1, -0.05) is 23.8 Å². The molecule has 0 radical (unpaired) electrons. The van der Waals surface area contributed by atoms with Gasteiger partial charge >= 0.3 is 0 Å². The zero-order chi connectivity index (χ0) is 17.7. The molecule has 1 N–H and O–H groups in total. The zero-order valence-corrected chi connectivity index (χ0v) is 14.6. The maximum Gasteiger partial charge on any atom is 0.271 e. The van der Waals surface area contributed by atoms with Crippen molar-refractivity contribution in [3.8, 4) is 11.5 Å². The van der Waals surface area contributed by atoms with E-state index in [-0.39, 0.29) is 5.91 Å². The molecule has 0 saturated carbocycles. The van der Waals surface area contributed by atoms with Gasteiger partial charge in [0.2, 0.25) is 0 Å². The van der Waals surface area contributed by atoms with Gasteiger partial charge in [0, 0.05) is 17.2 Å². The Labute approximate surface area is 142 Å². The van der Waals surface area contributed by atoms with Gasteiger partial charge in [0.25, 0.3) is 5.91 Å². The molecule has 0 aliphatic heterocycles. The summed E-state index contributed by atoms with van der Waals surface area (Å²) in [5.74, 6) is 0.778. The van der Waals surface area contributed by atoms with E-state index in [2.05, 4.69) is 16.6 Å². The number of amides is 1. The van der Waals surface area contributed by atoms with Crippen molar-refractivity contribution in [2.75, 3.05) is 14.2 Å². The van der Waals surface area contributed by atoms with Crippen LogP contribution in [0.2, 0.25) is 0 Å². The van der Waals surface area contributed by atoms with Crippen molar-refractivity contribution in [3.63, 3.8) is 0 Å². The average Bonchev–Trinajstić information content (AvgIpc) is 2.58. The summed E-state index contributed by atoms with van der Waals surface area (Å²) in [6.45, 7) is 5.93. The minimum absolute atomic E-state index is 0.323.